The number of carbonyl (C=O) groups is 3. The Hall–Kier alpha value is -3.15. The molecule has 0 aliphatic heterocycles. The van der Waals surface area contributed by atoms with Gasteiger partial charge < -0.3 is 15.4 Å². The molecule has 0 fully saturated rings. The topological polar surface area (TPSA) is 84.5 Å². The minimum absolute atomic E-state index is 0.168. The molecule has 0 heterocycles. The lowest BCUT2D eigenvalue weighted by molar-refractivity contribution is 0.0601. The van der Waals surface area contributed by atoms with Gasteiger partial charge in [-0.3, -0.25) is 9.59 Å². The third-order valence-corrected chi connectivity index (χ3v) is 4.00. The number of hydrogen-bond donors (Lipinski definition) is 2. The molecule has 142 valence electrons. The van der Waals surface area contributed by atoms with E-state index >= 15 is 0 Å². The van der Waals surface area contributed by atoms with E-state index in [9.17, 15) is 14.4 Å². The Labute approximate surface area is 158 Å². The van der Waals surface area contributed by atoms with E-state index < -0.39 is 5.97 Å². The summed E-state index contributed by atoms with van der Waals surface area (Å²) in [6.45, 7) is 4.80. The molecule has 0 aliphatic rings. The van der Waals surface area contributed by atoms with E-state index in [1.807, 2.05) is 0 Å². The summed E-state index contributed by atoms with van der Waals surface area (Å²) in [4.78, 5) is 36.3. The highest BCUT2D eigenvalue weighted by molar-refractivity contribution is 6.08. The number of benzene rings is 2. The normalized spacial score (nSPS) is 10.4. The monoisotopic (exact) mass is 368 g/mol. The first kappa shape index (κ1) is 20.2. The van der Waals surface area contributed by atoms with Crippen LogP contribution in [0.4, 0.5) is 5.69 Å². The van der Waals surface area contributed by atoms with E-state index in [-0.39, 0.29) is 17.4 Å². The van der Waals surface area contributed by atoms with Gasteiger partial charge in [-0.15, -0.1) is 0 Å². The zero-order valence-electron chi connectivity index (χ0n) is 15.7. The van der Waals surface area contributed by atoms with E-state index in [2.05, 4.69) is 24.5 Å². The third kappa shape index (κ3) is 5.67. The summed E-state index contributed by atoms with van der Waals surface area (Å²) in [5.74, 6) is -0.555. The summed E-state index contributed by atoms with van der Waals surface area (Å²) >= 11 is 0. The predicted molar refractivity (Wildman–Crippen MR) is 104 cm³/mol. The molecule has 2 rings (SSSR count). The lowest BCUT2D eigenvalue weighted by atomic mass is 10.1. The molecule has 2 N–H and O–H groups in total. The molecule has 0 aromatic heterocycles. The molecule has 0 aliphatic carbocycles. The molecule has 2 aromatic rings. The van der Waals surface area contributed by atoms with Gasteiger partial charge in [-0.1, -0.05) is 26.0 Å². The Bertz CT molecular complexity index is 813. The number of amides is 2. The first-order chi connectivity index (χ1) is 12.9. The van der Waals surface area contributed by atoms with Gasteiger partial charge in [0.15, 0.2) is 0 Å². The third-order valence-electron chi connectivity index (χ3n) is 4.00. The highest BCUT2D eigenvalue weighted by Gasteiger charge is 2.14. The summed E-state index contributed by atoms with van der Waals surface area (Å²) in [5, 5.41) is 5.55. The Morgan fingerprint density at radius 2 is 1.52 bits per heavy atom. The van der Waals surface area contributed by atoms with Gasteiger partial charge in [0.2, 0.25) is 0 Å². The largest absolute Gasteiger partial charge is 0.465 e. The van der Waals surface area contributed by atoms with Crippen molar-refractivity contribution in [2.45, 2.75) is 20.3 Å². The van der Waals surface area contributed by atoms with Gasteiger partial charge in [-0.25, -0.2) is 4.79 Å². The number of para-hydroxylation sites is 1. The van der Waals surface area contributed by atoms with Crippen LogP contribution in [0, 0.1) is 5.92 Å². The molecule has 0 saturated carbocycles. The molecule has 0 radical (unpaired) electrons. The van der Waals surface area contributed by atoms with Crippen molar-refractivity contribution >= 4 is 23.5 Å². The zero-order valence-corrected chi connectivity index (χ0v) is 15.7. The summed E-state index contributed by atoms with van der Waals surface area (Å²) in [7, 11) is 1.28. The SMILES string of the molecule is COC(=O)c1ccccc1NC(=O)c1ccc(C(=O)NCCC(C)C)cc1. The fourth-order valence-corrected chi connectivity index (χ4v) is 2.42. The van der Waals surface area contributed by atoms with Gasteiger partial charge in [0.05, 0.1) is 18.4 Å². The lowest BCUT2D eigenvalue weighted by Gasteiger charge is -2.10. The van der Waals surface area contributed by atoms with Crippen molar-refractivity contribution in [2.75, 3.05) is 19.0 Å². The Balaban J connectivity index is 2.04. The Morgan fingerprint density at radius 3 is 2.11 bits per heavy atom. The Kier molecular flexibility index (Phi) is 7.11. The average molecular weight is 368 g/mol. The maximum atomic E-state index is 12.4. The number of rotatable bonds is 7. The van der Waals surface area contributed by atoms with Crippen molar-refractivity contribution in [3.63, 3.8) is 0 Å². The molecular formula is C21H24N2O4. The van der Waals surface area contributed by atoms with Gasteiger partial charge in [-0.05, 0) is 48.7 Å². The second-order valence-corrected chi connectivity index (χ2v) is 6.51. The van der Waals surface area contributed by atoms with E-state index in [0.717, 1.165) is 6.42 Å². The molecule has 0 saturated heterocycles. The van der Waals surface area contributed by atoms with Gasteiger partial charge in [0.1, 0.15) is 0 Å². The highest BCUT2D eigenvalue weighted by Crippen LogP contribution is 2.17. The van der Waals surface area contributed by atoms with Gasteiger partial charge in [0, 0.05) is 17.7 Å². The van der Waals surface area contributed by atoms with Gasteiger partial charge >= 0.3 is 5.97 Å². The van der Waals surface area contributed by atoms with Crippen molar-refractivity contribution in [3.8, 4) is 0 Å². The summed E-state index contributed by atoms with van der Waals surface area (Å²) < 4.78 is 4.72. The van der Waals surface area contributed by atoms with Crippen LogP contribution in [0.5, 0.6) is 0 Å². The number of esters is 1. The van der Waals surface area contributed by atoms with Crippen molar-refractivity contribution in [2.24, 2.45) is 5.92 Å². The minimum atomic E-state index is -0.528. The zero-order chi connectivity index (χ0) is 19.8. The molecule has 27 heavy (non-hydrogen) atoms. The van der Waals surface area contributed by atoms with Crippen LogP contribution in [-0.2, 0) is 4.74 Å². The number of nitrogens with one attached hydrogen (secondary N) is 2. The molecule has 2 amide bonds. The van der Waals surface area contributed by atoms with E-state index in [0.29, 0.717) is 29.3 Å². The minimum Gasteiger partial charge on any atom is -0.465 e. The van der Waals surface area contributed by atoms with Crippen LogP contribution in [0.1, 0.15) is 51.3 Å². The van der Waals surface area contributed by atoms with E-state index in [4.69, 9.17) is 4.74 Å². The smallest absolute Gasteiger partial charge is 0.339 e. The maximum absolute atomic E-state index is 12.4. The van der Waals surface area contributed by atoms with Crippen LogP contribution in [0.25, 0.3) is 0 Å². The number of carbonyl (C=O) groups excluding carboxylic acids is 3. The van der Waals surface area contributed by atoms with Crippen molar-refractivity contribution in [1.29, 1.82) is 0 Å². The molecule has 0 unspecified atom stereocenters. The number of ether oxygens (including phenoxy) is 1. The standard InChI is InChI=1S/C21H24N2O4/c1-14(2)12-13-22-19(24)15-8-10-16(11-9-15)20(25)23-18-7-5-4-6-17(18)21(26)27-3/h4-11,14H,12-13H2,1-3H3,(H,22,24)(H,23,25). The number of hydrogen-bond acceptors (Lipinski definition) is 4. The first-order valence-corrected chi connectivity index (χ1v) is 8.79. The first-order valence-electron chi connectivity index (χ1n) is 8.79. The molecule has 2 aromatic carbocycles. The van der Waals surface area contributed by atoms with Crippen LogP contribution in [-0.4, -0.2) is 31.4 Å². The average Bonchev–Trinajstić information content (AvgIpc) is 2.67. The second-order valence-electron chi connectivity index (χ2n) is 6.51. The molecule has 6 nitrogen and oxygen atoms in total. The Morgan fingerprint density at radius 1 is 0.926 bits per heavy atom. The van der Waals surface area contributed by atoms with Crippen molar-refractivity contribution in [1.82, 2.24) is 5.32 Å². The molecule has 0 atom stereocenters. The summed E-state index contributed by atoms with van der Waals surface area (Å²) in [5.41, 5.74) is 1.51. The van der Waals surface area contributed by atoms with E-state index in [1.54, 1.807) is 48.5 Å². The number of anilines is 1. The number of methoxy groups -OCH3 is 1. The molecule has 6 heteroatoms. The lowest BCUT2D eigenvalue weighted by Crippen LogP contribution is -2.25. The summed E-state index contributed by atoms with van der Waals surface area (Å²) in [6, 6.07) is 13.0. The molecule has 0 spiro atoms. The van der Waals surface area contributed by atoms with Gasteiger partial charge in [0.25, 0.3) is 11.8 Å². The van der Waals surface area contributed by atoms with Crippen LogP contribution < -0.4 is 10.6 Å². The van der Waals surface area contributed by atoms with E-state index in [1.165, 1.54) is 7.11 Å². The van der Waals surface area contributed by atoms with Crippen molar-refractivity contribution in [3.05, 3.63) is 65.2 Å². The predicted octanol–water partition coefficient (Wildman–Crippen LogP) is 3.50. The summed E-state index contributed by atoms with van der Waals surface area (Å²) in [6.07, 6.45) is 0.909. The van der Waals surface area contributed by atoms with Crippen LogP contribution in [0.15, 0.2) is 48.5 Å². The van der Waals surface area contributed by atoms with Gasteiger partial charge in [-0.2, -0.15) is 0 Å². The molecule has 0 bridgehead atoms. The fraction of sp³-hybridized carbons (Fsp3) is 0.286. The van der Waals surface area contributed by atoms with Crippen molar-refractivity contribution < 1.29 is 19.1 Å². The quantitative estimate of drug-likeness (QED) is 0.733. The second kappa shape index (κ2) is 9.52. The fourth-order valence-electron chi connectivity index (χ4n) is 2.42. The highest BCUT2D eigenvalue weighted by atomic mass is 16.5. The van der Waals surface area contributed by atoms with Crippen LogP contribution >= 0.6 is 0 Å². The van der Waals surface area contributed by atoms with Crippen LogP contribution in [0.3, 0.4) is 0 Å². The molecular weight excluding hydrogens is 344 g/mol. The maximum Gasteiger partial charge on any atom is 0.339 e. The van der Waals surface area contributed by atoms with Crippen LogP contribution in [0.2, 0.25) is 0 Å².